The monoisotopic (exact) mass is 369 g/mol. The highest BCUT2D eigenvalue weighted by Gasteiger charge is 2.12. The van der Waals surface area contributed by atoms with Crippen LogP contribution in [0.15, 0.2) is 41.5 Å². The van der Waals surface area contributed by atoms with Gasteiger partial charge in [-0.25, -0.2) is 5.43 Å². The lowest BCUT2D eigenvalue weighted by Gasteiger charge is -2.06. The Labute approximate surface area is 155 Å². The fourth-order valence-corrected chi connectivity index (χ4v) is 2.59. The van der Waals surface area contributed by atoms with Crippen molar-refractivity contribution in [3.05, 3.63) is 47.7 Å². The van der Waals surface area contributed by atoms with Crippen molar-refractivity contribution in [3.63, 3.8) is 0 Å². The SMILES string of the molecule is COc1ccc(/C=N\NC(=O)c2cc3cc(OC)c(OC)cc3[nH]2)cc1O. The summed E-state index contributed by atoms with van der Waals surface area (Å²) in [6, 6.07) is 10.0. The van der Waals surface area contributed by atoms with E-state index in [4.69, 9.17) is 14.2 Å². The number of amides is 1. The molecule has 3 N–H and O–H groups in total. The van der Waals surface area contributed by atoms with Crippen LogP contribution in [-0.4, -0.2) is 43.5 Å². The van der Waals surface area contributed by atoms with E-state index in [1.807, 2.05) is 0 Å². The second-order valence-corrected chi connectivity index (χ2v) is 5.61. The molecule has 0 aliphatic carbocycles. The zero-order chi connectivity index (χ0) is 19.4. The highest BCUT2D eigenvalue weighted by atomic mass is 16.5. The van der Waals surface area contributed by atoms with Crippen molar-refractivity contribution in [2.45, 2.75) is 0 Å². The Bertz CT molecular complexity index is 969. The number of carbonyl (C=O) groups is 1. The number of aromatic amines is 1. The molecule has 0 radical (unpaired) electrons. The van der Waals surface area contributed by atoms with E-state index in [1.54, 1.807) is 44.6 Å². The fourth-order valence-electron chi connectivity index (χ4n) is 2.59. The Kier molecular flexibility index (Phi) is 5.16. The van der Waals surface area contributed by atoms with Gasteiger partial charge in [0.1, 0.15) is 5.69 Å². The number of benzene rings is 2. The number of H-pyrrole nitrogens is 1. The van der Waals surface area contributed by atoms with E-state index in [9.17, 15) is 9.90 Å². The molecule has 0 unspecified atom stereocenters. The summed E-state index contributed by atoms with van der Waals surface area (Å²) in [5.74, 6) is 1.09. The molecule has 0 atom stereocenters. The van der Waals surface area contributed by atoms with Gasteiger partial charge in [0.15, 0.2) is 23.0 Å². The number of ether oxygens (including phenoxy) is 3. The number of hydrogen-bond acceptors (Lipinski definition) is 6. The van der Waals surface area contributed by atoms with Gasteiger partial charge < -0.3 is 24.3 Å². The first-order valence-corrected chi connectivity index (χ1v) is 8.01. The molecule has 1 amide bonds. The maximum Gasteiger partial charge on any atom is 0.287 e. The molecular weight excluding hydrogens is 350 g/mol. The van der Waals surface area contributed by atoms with Gasteiger partial charge in [-0.3, -0.25) is 4.79 Å². The number of rotatable bonds is 6. The molecule has 0 aliphatic rings. The molecule has 0 fully saturated rings. The molecular formula is C19H19N3O5. The minimum atomic E-state index is -0.405. The van der Waals surface area contributed by atoms with E-state index in [0.29, 0.717) is 28.5 Å². The van der Waals surface area contributed by atoms with Gasteiger partial charge >= 0.3 is 0 Å². The van der Waals surface area contributed by atoms with Crippen LogP contribution < -0.4 is 19.6 Å². The predicted molar refractivity (Wildman–Crippen MR) is 101 cm³/mol. The number of nitrogens with one attached hydrogen (secondary N) is 2. The van der Waals surface area contributed by atoms with Crippen LogP contribution in [0.1, 0.15) is 16.1 Å². The van der Waals surface area contributed by atoms with Crippen LogP contribution in [0.4, 0.5) is 0 Å². The molecule has 2 aromatic carbocycles. The minimum absolute atomic E-state index is 0.00807. The average molecular weight is 369 g/mol. The van der Waals surface area contributed by atoms with Gasteiger partial charge in [-0.15, -0.1) is 0 Å². The van der Waals surface area contributed by atoms with Crippen molar-refractivity contribution in [2.75, 3.05) is 21.3 Å². The number of carbonyl (C=O) groups excluding carboxylic acids is 1. The predicted octanol–water partition coefficient (Wildman–Crippen LogP) is 2.66. The highest BCUT2D eigenvalue weighted by Crippen LogP contribution is 2.32. The van der Waals surface area contributed by atoms with E-state index in [2.05, 4.69) is 15.5 Å². The first-order valence-electron chi connectivity index (χ1n) is 8.01. The van der Waals surface area contributed by atoms with Crippen molar-refractivity contribution < 1.29 is 24.1 Å². The van der Waals surface area contributed by atoms with Crippen molar-refractivity contribution in [1.29, 1.82) is 0 Å². The number of aromatic hydroxyl groups is 1. The standard InChI is InChI=1S/C19H19N3O5/c1-25-16-5-4-11(6-15(16)23)10-20-22-19(24)14-7-12-8-17(26-2)18(27-3)9-13(12)21-14/h4-10,21,23H,1-3H3,(H,22,24)/b20-10-. The second-order valence-electron chi connectivity index (χ2n) is 5.61. The molecule has 3 rings (SSSR count). The summed E-state index contributed by atoms with van der Waals surface area (Å²) in [6.45, 7) is 0. The van der Waals surface area contributed by atoms with Crippen LogP contribution in [0, 0.1) is 0 Å². The van der Waals surface area contributed by atoms with Crippen LogP contribution in [0.25, 0.3) is 10.9 Å². The summed E-state index contributed by atoms with van der Waals surface area (Å²) in [5, 5.41) is 14.5. The Morgan fingerprint density at radius 3 is 2.41 bits per heavy atom. The third-order valence-corrected chi connectivity index (χ3v) is 3.95. The molecule has 0 saturated carbocycles. The van der Waals surface area contributed by atoms with E-state index in [0.717, 1.165) is 10.9 Å². The smallest absolute Gasteiger partial charge is 0.287 e. The molecule has 0 spiro atoms. The Hall–Kier alpha value is -3.68. The van der Waals surface area contributed by atoms with Crippen LogP contribution in [0.3, 0.4) is 0 Å². The number of methoxy groups -OCH3 is 3. The fraction of sp³-hybridized carbons (Fsp3) is 0.158. The van der Waals surface area contributed by atoms with Gasteiger partial charge in [-0.1, -0.05) is 0 Å². The maximum absolute atomic E-state index is 12.3. The van der Waals surface area contributed by atoms with Gasteiger partial charge in [0, 0.05) is 17.0 Å². The van der Waals surface area contributed by atoms with Crippen LogP contribution in [0.2, 0.25) is 0 Å². The van der Waals surface area contributed by atoms with Gasteiger partial charge in [-0.2, -0.15) is 5.10 Å². The number of hydrazone groups is 1. The van der Waals surface area contributed by atoms with E-state index in [1.165, 1.54) is 19.4 Å². The summed E-state index contributed by atoms with van der Waals surface area (Å²) in [5.41, 5.74) is 4.13. The third-order valence-electron chi connectivity index (χ3n) is 3.95. The minimum Gasteiger partial charge on any atom is -0.504 e. The maximum atomic E-state index is 12.3. The molecule has 27 heavy (non-hydrogen) atoms. The summed E-state index contributed by atoms with van der Waals surface area (Å²) >= 11 is 0. The Balaban J connectivity index is 1.75. The van der Waals surface area contributed by atoms with Crippen LogP contribution in [-0.2, 0) is 0 Å². The lowest BCUT2D eigenvalue weighted by atomic mass is 10.2. The number of aromatic nitrogens is 1. The number of phenols is 1. The number of phenolic OH excluding ortho intramolecular Hbond substituents is 1. The lowest BCUT2D eigenvalue weighted by molar-refractivity contribution is 0.0951. The van der Waals surface area contributed by atoms with Crippen molar-refractivity contribution in [2.24, 2.45) is 5.10 Å². The molecule has 140 valence electrons. The molecule has 0 bridgehead atoms. The molecule has 1 aromatic heterocycles. The van der Waals surface area contributed by atoms with E-state index >= 15 is 0 Å². The highest BCUT2D eigenvalue weighted by molar-refractivity contribution is 5.99. The van der Waals surface area contributed by atoms with Crippen LogP contribution in [0.5, 0.6) is 23.0 Å². The first-order chi connectivity index (χ1) is 13.0. The number of fused-ring (bicyclic) bond motifs is 1. The number of hydrogen-bond donors (Lipinski definition) is 3. The molecule has 3 aromatic rings. The lowest BCUT2D eigenvalue weighted by Crippen LogP contribution is -2.17. The zero-order valence-corrected chi connectivity index (χ0v) is 15.1. The average Bonchev–Trinajstić information content (AvgIpc) is 3.10. The van der Waals surface area contributed by atoms with E-state index in [-0.39, 0.29) is 5.75 Å². The second kappa shape index (κ2) is 7.69. The Morgan fingerprint density at radius 1 is 1.04 bits per heavy atom. The van der Waals surface area contributed by atoms with Gasteiger partial charge in [0.2, 0.25) is 0 Å². The summed E-state index contributed by atoms with van der Waals surface area (Å²) in [4.78, 5) is 15.3. The zero-order valence-electron chi connectivity index (χ0n) is 15.1. The normalized spacial score (nSPS) is 10.9. The molecule has 0 saturated heterocycles. The molecule has 1 heterocycles. The quantitative estimate of drug-likeness (QED) is 0.458. The topological polar surface area (TPSA) is 105 Å². The summed E-state index contributed by atoms with van der Waals surface area (Å²) in [7, 11) is 4.57. The van der Waals surface area contributed by atoms with Crippen molar-refractivity contribution >= 4 is 23.0 Å². The molecule has 8 heteroatoms. The number of nitrogens with zero attached hydrogens (tertiary/aromatic N) is 1. The third kappa shape index (κ3) is 3.79. The van der Waals surface area contributed by atoms with Crippen molar-refractivity contribution in [3.8, 4) is 23.0 Å². The van der Waals surface area contributed by atoms with Gasteiger partial charge in [0.05, 0.1) is 27.5 Å². The van der Waals surface area contributed by atoms with Gasteiger partial charge in [-0.05, 0) is 35.9 Å². The van der Waals surface area contributed by atoms with Gasteiger partial charge in [0.25, 0.3) is 5.91 Å². The van der Waals surface area contributed by atoms with E-state index < -0.39 is 5.91 Å². The van der Waals surface area contributed by atoms with Crippen molar-refractivity contribution in [1.82, 2.24) is 10.4 Å². The molecule has 8 nitrogen and oxygen atoms in total. The van der Waals surface area contributed by atoms with Crippen LogP contribution >= 0.6 is 0 Å². The summed E-state index contributed by atoms with van der Waals surface area (Å²) in [6.07, 6.45) is 1.42. The largest absolute Gasteiger partial charge is 0.504 e. The molecule has 0 aliphatic heterocycles. The first kappa shape index (κ1) is 18.1. The summed E-state index contributed by atoms with van der Waals surface area (Å²) < 4.78 is 15.5. The Morgan fingerprint density at radius 2 is 1.74 bits per heavy atom.